The summed E-state index contributed by atoms with van der Waals surface area (Å²) in [5.41, 5.74) is 4.02. The van der Waals surface area contributed by atoms with Crippen molar-refractivity contribution >= 4 is 35.0 Å². The molecule has 2 aromatic rings. The second kappa shape index (κ2) is 10.3. The molecule has 32 heavy (non-hydrogen) atoms. The van der Waals surface area contributed by atoms with Crippen molar-refractivity contribution in [2.24, 2.45) is 5.10 Å². The Bertz CT molecular complexity index is 1040. The molecule has 6 heteroatoms. The zero-order valence-electron chi connectivity index (χ0n) is 19.5. The topological polar surface area (TPSA) is 62.2 Å². The smallest absolute Gasteiger partial charge is 0.359 e. The van der Waals surface area contributed by atoms with Gasteiger partial charge in [0.2, 0.25) is 0 Å². The number of carbonyl (C=O) groups is 2. The fraction of sp³-hybridized carbons (Fsp3) is 0.346. The van der Waals surface area contributed by atoms with Gasteiger partial charge in [0.25, 0.3) is 5.91 Å². The van der Waals surface area contributed by atoms with E-state index in [1.54, 1.807) is 25.1 Å². The fourth-order valence-electron chi connectivity index (χ4n) is 3.77. The van der Waals surface area contributed by atoms with Crippen LogP contribution in [-0.2, 0) is 14.3 Å². The lowest BCUT2D eigenvalue weighted by molar-refractivity contribution is -0.135. The summed E-state index contributed by atoms with van der Waals surface area (Å²) < 4.78 is 5.19. The van der Waals surface area contributed by atoms with Crippen molar-refractivity contribution in [3.8, 4) is 0 Å². The van der Waals surface area contributed by atoms with Crippen molar-refractivity contribution in [3.05, 3.63) is 65.2 Å². The average molecular weight is 434 g/mol. The van der Waals surface area contributed by atoms with Gasteiger partial charge >= 0.3 is 5.97 Å². The second-order valence-corrected chi connectivity index (χ2v) is 7.82. The SMILES string of the molecule is CCOC(=O)C1=NN(c2ccccc2)C(=O)C1=Cc1ccc(N(CC)CC)cc1C(C)C. The largest absolute Gasteiger partial charge is 0.461 e. The molecule has 2 aromatic carbocycles. The maximum absolute atomic E-state index is 13.3. The molecule has 3 rings (SSSR count). The lowest BCUT2D eigenvalue weighted by Crippen LogP contribution is -2.23. The Kier molecular flexibility index (Phi) is 7.46. The predicted molar refractivity (Wildman–Crippen MR) is 130 cm³/mol. The highest BCUT2D eigenvalue weighted by molar-refractivity contribution is 6.54. The summed E-state index contributed by atoms with van der Waals surface area (Å²) in [5.74, 6) is -0.708. The van der Waals surface area contributed by atoms with Gasteiger partial charge in [-0.3, -0.25) is 4.79 Å². The summed E-state index contributed by atoms with van der Waals surface area (Å²) in [6.45, 7) is 12.3. The van der Waals surface area contributed by atoms with Crippen molar-refractivity contribution in [1.29, 1.82) is 0 Å². The maximum Gasteiger partial charge on any atom is 0.359 e. The van der Waals surface area contributed by atoms with E-state index in [-0.39, 0.29) is 29.7 Å². The van der Waals surface area contributed by atoms with E-state index in [1.807, 2.05) is 24.3 Å². The van der Waals surface area contributed by atoms with E-state index >= 15 is 0 Å². The van der Waals surface area contributed by atoms with Crippen LogP contribution in [0.3, 0.4) is 0 Å². The number of nitrogens with zero attached hydrogens (tertiary/aromatic N) is 3. The van der Waals surface area contributed by atoms with E-state index in [2.05, 4.69) is 49.8 Å². The molecular formula is C26H31N3O3. The zero-order valence-corrected chi connectivity index (χ0v) is 19.5. The Hall–Kier alpha value is -3.41. The molecule has 1 aliphatic rings. The highest BCUT2D eigenvalue weighted by Gasteiger charge is 2.36. The number of amides is 1. The number of benzene rings is 2. The molecule has 0 saturated heterocycles. The molecule has 0 aliphatic carbocycles. The molecule has 1 amide bonds. The third kappa shape index (κ3) is 4.74. The van der Waals surface area contributed by atoms with Crippen LogP contribution in [0.2, 0.25) is 0 Å². The van der Waals surface area contributed by atoms with Crippen LogP contribution in [0.4, 0.5) is 11.4 Å². The van der Waals surface area contributed by atoms with Gasteiger partial charge in [0.15, 0.2) is 5.71 Å². The Labute approximate surface area is 190 Å². The minimum atomic E-state index is -0.601. The average Bonchev–Trinajstić information content (AvgIpc) is 3.12. The first-order valence-corrected chi connectivity index (χ1v) is 11.2. The van der Waals surface area contributed by atoms with E-state index in [4.69, 9.17) is 4.74 Å². The number of hydrazone groups is 1. The molecule has 0 bridgehead atoms. The molecule has 168 valence electrons. The van der Waals surface area contributed by atoms with Crippen molar-refractivity contribution in [2.45, 2.75) is 40.5 Å². The van der Waals surface area contributed by atoms with Gasteiger partial charge in [0.05, 0.1) is 17.9 Å². The van der Waals surface area contributed by atoms with Gasteiger partial charge < -0.3 is 9.64 Å². The first-order chi connectivity index (χ1) is 15.4. The molecule has 0 saturated carbocycles. The Morgan fingerprint density at radius 1 is 1.09 bits per heavy atom. The van der Waals surface area contributed by atoms with Crippen LogP contribution in [0.25, 0.3) is 6.08 Å². The van der Waals surface area contributed by atoms with Crippen LogP contribution >= 0.6 is 0 Å². The zero-order chi connectivity index (χ0) is 23.3. The first kappa shape index (κ1) is 23.3. The number of carbonyl (C=O) groups excluding carboxylic acids is 2. The van der Waals surface area contributed by atoms with Crippen molar-refractivity contribution in [2.75, 3.05) is 29.6 Å². The third-order valence-electron chi connectivity index (χ3n) is 5.47. The van der Waals surface area contributed by atoms with Crippen LogP contribution in [0.5, 0.6) is 0 Å². The van der Waals surface area contributed by atoms with Crippen molar-refractivity contribution < 1.29 is 14.3 Å². The van der Waals surface area contributed by atoms with Crippen LogP contribution in [-0.4, -0.2) is 37.3 Å². The molecular weight excluding hydrogens is 402 g/mol. The fourth-order valence-corrected chi connectivity index (χ4v) is 3.77. The lowest BCUT2D eigenvalue weighted by Gasteiger charge is -2.23. The van der Waals surface area contributed by atoms with Gasteiger partial charge in [0.1, 0.15) is 0 Å². The van der Waals surface area contributed by atoms with E-state index in [9.17, 15) is 9.59 Å². The summed E-state index contributed by atoms with van der Waals surface area (Å²) >= 11 is 0. The van der Waals surface area contributed by atoms with Gasteiger partial charge in [-0.2, -0.15) is 10.1 Å². The number of ether oxygens (including phenoxy) is 1. The molecule has 0 unspecified atom stereocenters. The van der Waals surface area contributed by atoms with Crippen molar-refractivity contribution in [1.82, 2.24) is 0 Å². The van der Waals surface area contributed by atoms with Crippen LogP contribution < -0.4 is 9.91 Å². The Balaban J connectivity index is 2.09. The van der Waals surface area contributed by atoms with Gasteiger partial charge in [-0.25, -0.2) is 4.79 Å². The highest BCUT2D eigenvalue weighted by Crippen LogP contribution is 2.30. The Morgan fingerprint density at radius 2 is 1.78 bits per heavy atom. The lowest BCUT2D eigenvalue weighted by atomic mass is 9.94. The van der Waals surface area contributed by atoms with E-state index in [0.29, 0.717) is 5.69 Å². The minimum Gasteiger partial charge on any atom is -0.461 e. The van der Waals surface area contributed by atoms with Gasteiger partial charge in [0, 0.05) is 18.8 Å². The number of anilines is 2. The molecule has 1 heterocycles. The second-order valence-electron chi connectivity index (χ2n) is 7.82. The number of hydrogen-bond acceptors (Lipinski definition) is 5. The molecule has 0 N–H and O–H groups in total. The quantitative estimate of drug-likeness (QED) is 0.434. The van der Waals surface area contributed by atoms with Gasteiger partial charge in [-0.15, -0.1) is 0 Å². The molecule has 6 nitrogen and oxygen atoms in total. The monoisotopic (exact) mass is 433 g/mol. The van der Waals surface area contributed by atoms with Crippen LogP contribution in [0, 0.1) is 0 Å². The minimum absolute atomic E-state index is 0.0308. The van der Waals surface area contributed by atoms with Gasteiger partial charge in [-0.1, -0.05) is 38.1 Å². The number of hydrogen-bond donors (Lipinski definition) is 0. The number of para-hydroxylation sites is 1. The highest BCUT2D eigenvalue weighted by atomic mass is 16.5. The predicted octanol–water partition coefficient (Wildman–Crippen LogP) is 5.01. The normalized spacial score (nSPS) is 14.8. The molecule has 0 atom stereocenters. The van der Waals surface area contributed by atoms with E-state index in [1.165, 1.54) is 5.01 Å². The summed E-state index contributed by atoms with van der Waals surface area (Å²) in [6.07, 6.45) is 1.77. The molecule has 0 spiro atoms. The summed E-state index contributed by atoms with van der Waals surface area (Å²) in [6, 6.07) is 15.3. The van der Waals surface area contributed by atoms with Crippen molar-refractivity contribution in [3.63, 3.8) is 0 Å². The van der Waals surface area contributed by atoms with Crippen LogP contribution in [0.1, 0.15) is 51.7 Å². The first-order valence-electron chi connectivity index (χ1n) is 11.2. The summed E-state index contributed by atoms with van der Waals surface area (Å²) in [4.78, 5) is 28.2. The maximum atomic E-state index is 13.3. The van der Waals surface area contributed by atoms with Crippen LogP contribution in [0.15, 0.2) is 59.2 Å². The third-order valence-corrected chi connectivity index (χ3v) is 5.47. The number of rotatable bonds is 8. The standard InChI is InChI=1S/C26H31N3O3/c1-6-28(7-2)21-15-14-19(22(17-21)18(4)5)16-23-24(26(31)32-8-3)27-29(25(23)30)20-12-10-9-11-13-20/h9-18H,6-8H2,1-5H3. The van der Waals surface area contributed by atoms with E-state index < -0.39 is 5.97 Å². The van der Waals surface area contributed by atoms with Gasteiger partial charge in [-0.05, 0) is 68.2 Å². The number of esters is 1. The molecule has 0 radical (unpaired) electrons. The molecule has 0 aromatic heterocycles. The Morgan fingerprint density at radius 3 is 2.38 bits per heavy atom. The molecule has 1 aliphatic heterocycles. The summed E-state index contributed by atoms with van der Waals surface area (Å²) in [5, 5.41) is 5.59. The summed E-state index contributed by atoms with van der Waals surface area (Å²) in [7, 11) is 0. The van der Waals surface area contributed by atoms with E-state index in [0.717, 1.165) is 29.9 Å². The molecule has 0 fully saturated rings.